The zero-order valence-corrected chi connectivity index (χ0v) is 15.9. The molecule has 0 saturated heterocycles. The number of nitrogens with one attached hydrogen (secondary N) is 1. The van der Waals surface area contributed by atoms with Gasteiger partial charge in [-0.2, -0.15) is 0 Å². The summed E-state index contributed by atoms with van der Waals surface area (Å²) in [5.41, 5.74) is 7.13. The van der Waals surface area contributed by atoms with Crippen molar-refractivity contribution in [2.75, 3.05) is 27.9 Å². The number of methoxy groups -OCH3 is 3. The van der Waals surface area contributed by atoms with Crippen molar-refractivity contribution in [3.8, 4) is 11.5 Å². The SMILES string of the molecule is COc1cc(CCNC(=O)[C@H]2CC[C@@H](OC)[C@H](N)C2)cc(OC)c1.Cl. The first-order valence-corrected chi connectivity index (χ1v) is 8.35. The van der Waals surface area contributed by atoms with Gasteiger partial charge in [0, 0.05) is 31.7 Å². The topological polar surface area (TPSA) is 82.8 Å². The Bertz CT molecular complexity index is 534. The Morgan fingerprint density at radius 2 is 1.80 bits per heavy atom. The fourth-order valence-corrected chi connectivity index (χ4v) is 3.19. The highest BCUT2D eigenvalue weighted by Gasteiger charge is 2.31. The number of ether oxygens (including phenoxy) is 3. The molecule has 7 heteroatoms. The summed E-state index contributed by atoms with van der Waals surface area (Å²) in [5.74, 6) is 1.56. The van der Waals surface area contributed by atoms with Crippen LogP contribution in [0.4, 0.5) is 0 Å². The van der Waals surface area contributed by atoms with Crippen molar-refractivity contribution >= 4 is 18.3 Å². The van der Waals surface area contributed by atoms with Gasteiger partial charge in [-0.25, -0.2) is 0 Å². The van der Waals surface area contributed by atoms with Crippen molar-refractivity contribution in [2.24, 2.45) is 11.7 Å². The minimum absolute atomic E-state index is 0. The summed E-state index contributed by atoms with van der Waals surface area (Å²) in [6, 6.07) is 5.67. The zero-order chi connectivity index (χ0) is 17.5. The van der Waals surface area contributed by atoms with Gasteiger partial charge in [-0.3, -0.25) is 4.79 Å². The third-order valence-corrected chi connectivity index (χ3v) is 4.63. The van der Waals surface area contributed by atoms with Crippen LogP contribution in [0.15, 0.2) is 18.2 Å². The highest BCUT2D eigenvalue weighted by molar-refractivity contribution is 5.85. The predicted molar refractivity (Wildman–Crippen MR) is 99.6 cm³/mol. The van der Waals surface area contributed by atoms with Gasteiger partial charge in [0.1, 0.15) is 11.5 Å². The van der Waals surface area contributed by atoms with Crippen LogP contribution in [0.5, 0.6) is 11.5 Å². The quantitative estimate of drug-likeness (QED) is 0.764. The van der Waals surface area contributed by atoms with E-state index in [2.05, 4.69) is 5.32 Å². The number of nitrogens with two attached hydrogens (primary N) is 1. The normalized spacial score (nSPS) is 22.6. The average Bonchev–Trinajstić information content (AvgIpc) is 2.61. The monoisotopic (exact) mass is 372 g/mol. The Kier molecular flexibility index (Phi) is 9.03. The molecule has 1 aromatic rings. The average molecular weight is 373 g/mol. The molecule has 1 aliphatic carbocycles. The molecule has 0 radical (unpaired) electrons. The van der Waals surface area contributed by atoms with Gasteiger partial charge in [0.25, 0.3) is 0 Å². The summed E-state index contributed by atoms with van der Waals surface area (Å²) in [6.45, 7) is 0.578. The molecule has 142 valence electrons. The smallest absolute Gasteiger partial charge is 0.223 e. The summed E-state index contributed by atoms with van der Waals surface area (Å²) in [5, 5.41) is 3.01. The third kappa shape index (κ3) is 6.06. The largest absolute Gasteiger partial charge is 0.497 e. The molecule has 0 spiro atoms. The molecule has 0 aliphatic heterocycles. The maximum Gasteiger partial charge on any atom is 0.223 e. The van der Waals surface area contributed by atoms with E-state index in [-0.39, 0.29) is 36.4 Å². The number of carbonyl (C=O) groups excluding carboxylic acids is 1. The summed E-state index contributed by atoms with van der Waals surface area (Å²) < 4.78 is 15.9. The van der Waals surface area contributed by atoms with Crippen LogP contribution in [0, 0.1) is 5.92 Å². The Balaban J connectivity index is 0.00000312. The molecule has 6 nitrogen and oxygen atoms in total. The maximum atomic E-state index is 12.3. The van der Waals surface area contributed by atoms with E-state index in [0.29, 0.717) is 13.0 Å². The van der Waals surface area contributed by atoms with Crippen molar-refractivity contribution < 1.29 is 19.0 Å². The molecule has 2 rings (SSSR count). The van der Waals surface area contributed by atoms with Crippen molar-refractivity contribution in [1.29, 1.82) is 0 Å². The number of amides is 1. The van der Waals surface area contributed by atoms with Crippen LogP contribution in [-0.2, 0) is 16.0 Å². The van der Waals surface area contributed by atoms with E-state index in [1.165, 1.54) is 0 Å². The molecule has 3 atom stereocenters. The summed E-state index contributed by atoms with van der Waals surface area (Å²) >= 11 is 0. The zero-order valence-electron chi connectivity index (χ0n) is 15.1. The lowest BCUT2D eigenvalue weighted by molar-refractivity contribution is -0.127. The molecule has 1 amide bonds. The Morgan fingerprint density at radius 3 is 2.32 bits per heavy atom. The second-order valence-corrected chi connectivity index (χ2v) is 6.21. The minimum Gasteiger partial charge on any atom is -0.497 e. The highest BCUT2D eigenvalue weighted by atomic mass is 35.5. The Morgan fingerprint density at radius 1 is 1.16 bits per heavy atom. The summed E-state index contributed by atoms with van der Waals surface area (Å²) in [6.07, 6.45) is 3.13. The predicted octanol–water partition coefficient (Wildman–Crippen LogP) is 1.93. The van der Waals surface area contributed by atoms with Gasteiger partial charge in [0.2, 0.25) is 5.91 Å². The van der Waals surface area contributed by atoms with Crippen LogP contribution >= 0.6 is 12.4 Å². The Labute approximate surface area is 155 Å². The van der Waals surface area contributed by atoms with Crippen LogP contribution in [0.2, 0.25) is 0 Å². The second-order valence-electron chi connectivity index (χ2n) is 6.21. The Hall–Kier alpha value is -1.50. The molecule has 0 bridgehead atoms. The van der Waals surface area contributed by atoms with Crippen LogP contribution in [-0.4, -0.2) is 45.9 Å². The fourth-order valence-electron chi connectivity index (χ4n) is 3.19. The fraction of sp³-hybridized carbons (Fsp3) is 0.611. The first kappa shape index (κ1) is 21.5. The van der Waals surface area contributed by atoms with E-state index in [4.69, 9.17) is 19.9 Å². The van der Waals surface area contributed by atoms with Crippen molar-refractivity contribution in [3.05, 3.63) is 23.8 Å². The lowest BCUT2D eigenvalue weighted by atomic mass is 9.83. The van der Waals surface area contributed by atoms with Crippen molar-refractivity contribution in [1.82, 2.24) is 5.32 Å². The highest BCUT2D eigenvalue weighted by Crippen LogP contribution is 2.26. The van der Waals surface area contributed by atoms with Gasteiger partial charge in [-0.15, -0.1) is 12.4 Å². The van der Waals surface area contributed by atoms with Gasteiger partial charge in [0.15, 0.2) is 0 Å². The number of carbonyl (C=O) groups is 1. The first-order chi connectivity index (χ1) is 11.6. The lowest BCUT2D eigenvalue weighted by Crippen LogP contribution is -2.45. The molecular formula is C18H29ClN2O4. The molecule has 1 saturated carbocycles. The van der Waals surface area contributed by atoms with Crippen LogP contribution in [0.25, 0.3) is 0 Å². The summed E-state index contributed by atoms with van der Waals surface area (Å²) in [7, 11) is 4.92. The number of benzene rings is 1. The second kappa shape index (κ2) is 10.5. The lowest BCUT2D eigenvalue weighted by Gasteiger charge is -2.32. The number of halogens is 1. The van der Waals surface area contributed by atoms with Gasteiger partial charge < -0.3 is 25.3 Å². The molecule has 0 aromatic heterocycles. The van der Waals surface area contributed by atoms with Crippen molar-refractivity contribution in [2.45, 2.75) is 37.8 Å². The van der Waals surface area contributed by atoms with Crippen LogP contribution < -0.4 is 20.5 Å². The molecule has 0 heterocycles. The first-order valence-electron chi connectivity index (χ1n) is 8.35. The maximum absolute atomic E-state index is 12.3. The molecule has 1 fully saturated rings. The van der Waals surface area contributed by atoms with E-state index >= 15 is 0 Å². The molecule has 1 aliphatic rings. The number of hydrogen-bond donors (Lipinski definition) is 2. The molecule has 0 unspecified atom stereocenters. The molecule has 3 N–H and O–H groups in total. The van der Waals surface area contributed by atoms with Crippen molar-refractivity contribution in [3.63, 3.8) is 0 Å². The van der Waals surface area contributed by atoms with E-state index in [9.17, 15) is 4.79 Å². The standard InChI is InChI=1S/C18H28N2O4.ClH/c1-22-14-8-12(9-15(11-14)23-2)6-7-20-18(21)13-4-5-17(24-3)16(19)10-13;/h8-9,11,13,16-17H,4-7,10,19H2,1-3H3,(H,20,21);1H/t13-,16+,17+;/m0./s1. The van der Waals surface area contributed by atoms with E-state index in [1.54, 1.807) is 21.3 Å². The molecular weight excluding hydrogens is 344 g/mol. The van der Waals surface area contributed by atoms with E-state index in [1.807, 2.05) is 18.2 Å². The van der Waals surface area contributed by atoms with Crippen LogP contribution in [0.3, 0.4) is 0 Å². The van der Waals surface area contributed by atoms with Gasteiger partial charge in [-0.05, 0) is 43.4 Å². The number of hydrogen-bond acceptors (Lipinski definition) is 5. The summed E-state index contributed by atoms with van der Waals surface area (Å²) in [4.78, 5) is 12.3. The number of rotatable bonds is 7. The minimum atomic E-state index is -0.0675. The van der Waals surface area contributed by atoms with Gasteiger partial charge in [-0.1, -0.05) is 0 Å². The van der Waals surface area contributed by atoms with Gasteiger partial charge in [0.05, 0.1) is 20.3 Å². The third-order valence-electron chi connectivity index (χ3n) is 4.63. The molecule has 1 aromatic carbocycles. The van der Waals surface area contributed by atoms with Crippen LogP contribution in [0.1, 0.15) is 24.8 Å². The molecule has 25 heavy (non-hydrogen) atoms. The van der Waals surface area contributed by atoms with Gasteiger partial charge >= 0.3 is 0 Å². The van der Waals surface area contributed by atoms with E-state index < -0.39 is 0 Å². The van der Waals surface area contributed by atoms with E-state index in [0.717, 1.165) is 36.3 Å².